The van der Waals surface area contributed by atoms with Gasteiger partial charge < -0.3 is 16.8 Å². The van der Waals surface area contributed by atoms with Gasteiger partial charge in [0.1, 0.15) is 5.00 Å². The maximum atomic E-state index is 12.1. The first-order valence-corrected chi connectivity index (χ1v) is 7.37. The fourth-order valence-corrected chi connectivity index (χ4v) is 3.03. The Labute approximate surface area is 122 Å². The van der Waals surface area contributed by atoms with Gasteiger partial charge >= 0.3 is 0 Å². The third kappa shape index (κ3) is 3.01. The second kappa shape index (κ2) is 5.66. The monoisotopic (exact) mass is 293 g/mol. The molecule has 0 radical (unpaired) electrons. The number of hydrogen-bond acceptors (Lipinski definition) is 5. The van der Waals surface area contributed by atoms with Crippen molar-refractivity contribution in [1.29, 1.82) is 0 Å². The Morgan fingerprint density at radius 1 is 1.40 bits per heavy atom. The van der Waals surface area contributed by atoms with Gasteiger partial charge in [-0.2, -0.15) is 0 Å². The van der Waals surface area contributed by atoms with E-state index in [1.807, 2.05) is 19.9 Å². The van der Waals surface area contributed by atoms with Gasteiger partial charge in [-0.15, -0.1) is 11.3 Å². The van der Waals surface area contributed by atoms with Crippen molar-refractivity contribution >= 4 is 33.7 Å². The second-order valence-electron chi connectivity index (χ2n) is 5.21. The molecule has 2 rings (SSSR count). The number of Topliss-reactive ketones (excluding diaryl/α,β-unsaturated/α-hetero) is 1. The van der Waals surface area contributed by atoms with Gasteiger partial charge in [-0.25, -0.2) is 0 Å². The molecule has 5 nitrogen and oxygen atoms in total. The maximum absolute atomic E-state index is 12.1. The van der Waals surface area contributed by atoms with Crippen LogP contribution in [0.1, 0.15) is 46.7 Å². The van der Waals surface area contributed by atoms with Gasteiger partial charge in [0.15, 0.2) is 5.78 Å². The summed E-state index contributed by atoms with van der Waals surface area (Å²) in [7, 11) is 0. The smallest absolute Gasteiger partial charge is 0.253 e. The summed E-state index contributed by atoms with van der Waals surface area (Å²) in [6, 6.07) is 0. The highest BCUT2D eigenvalue weighted by Crippen LogP contribution is 2.41. The van der Waals surface area contributed by atoms with Crippen molar-refractivity contribution in [2.24, 2.45) is 11.7 Å². The lowest BCUT2D eigenvalue weighted by Gasteiger charge is -2.03. The highest BCUT2D eigenvalue weighted by Gasteiger charge is 2.34. The number of nitrogens with two attached hydrogens (primary N) is 2. The molecule has 0 saturated heterocycles. The van der Waals surface area contributed by atoms with Crippen LogP contribution in [0, 0.1) is 5.92 Å². The predicted octanol–water partition coefficient (Wildman–Crippen LogP) is 2.40. The molecule has 0 bridgehead atoms. The van der Waals surface area contributed by atoms with Crippen molar-refractivity contribution in [2.45, 2.75) is 26.7 Å². The first kappa shape index (κ1) is 14.6. The Kier molecular flexibility index (Phi) is 4.13. The normalized spacial score (nSPS) is 13.9. The van der Waals surface area contributed by atoms with Gasteiger partial charge in [-0.05, 0) is 26.7 Å². The zero-order valence-corrected chi connectivity index (χ0v) is 12.5. The number of thiophene rings is 1. The van der Waals surface area contributed by atoms with Crippen molar-refractivity contribution in [3.63, 3.8) is 0 Å². The fraction of sp³-hybridized carbons (Fsp3) is 0.429. The first-order valence-electron chi connectivity index (χ1n) is 6.55. The Bertz CT molecular complexity index is 581. The van der Waals surface area contributed by atoms with Crippen LogP contribution in [0.4, 0.5) is 10.7 Å². The van der Waals surface area contributed by atoms with Crippen LogP contribution in [-0.4, -0.2) is 18.2 Å². The highest BCUT2D eigenvalue weighted by atomic mass is 32.1. The SMILES string of the molecule is CC(C)=CCNc1sc(C(=O)C2CC2)c(N)c1C(N)=O. The summed E-state index contributed by atoms with van der Waals surface area (Å²) in [5.41, 5.74) is 12.9. The molecule has 1 aromatic heterocycles. The number of ketones is 1. The van der Waals surface area contributed by atoms with Gasteiger partial charge in [0.2, 0.25) is 0 Å². The molecule has 1 aliphatic rings. The van der Waals surface area contributed by atoms with E-state index in [2.05, 4.69) is 5.32 Å². The average molecular weight is 293 g/mol. The van der Waals surface area contributed by atoms with Crippen molar-refractivity contribution in [1.82, 2.24) is 0 Å². The summed E-state index contributed by atoms with van der Waals surface area (Å²) in [5, 5.41) is 3.69. The number of nitrogen functional groups attached to an aromatic ring is 1. The van der Waals surface area contributed by atoms with Crippen LogP contribution in [-0.2, 0) is 0 Å². The summed E-state index contributed by atoms with van der Waals surface area (Å²) >= 11 is 1.23. The van der Waals surface area contributed by atoms with Crippen LogP contribution in [0.25, 0.3) is 0 Å². The molecule has 0 atom stereocenters. The van der Waals surface area contributed by atoms with Gasteiger partial charge in [0, 0.05) is 12.5 Å². The third-order valence-corrected chi connectivity index (χ3v) is 4.31. The largest absolute Gasteiger partial charge is 0.397 e. The number of nitrogens with one attached hydrogen (secondary N) is 1. The number of allylic oxidation sites excluding steroid dienone is 1. The number of amides is 1. The molecule has 1 fully saturated rings. The lowest BCUT2D eigenvalue weighted by Crippen LogP contribution is -2.15. The molecule has 1 saturated carbocycles. The molecular formula is C14H19N3O2S. The molecule has 6 heteroatoms. The van der Waals surface area contributed by atoms with E-state index in [0.717, 1.165) is 18.4 Å². The van der Waals surface area contributed by atoms with Crippen LogP contribution in [0.15, 0.2) is 11.6 Å². The molecule has 1 amide bonds. The van der Waals surface area contributed by atoms with E-state index in [1.54, 1.807) is 0 Å². The minimum Gasteiger partial charge on any atom is -0.397 e. The zero-order chi connectivity index (χ0) is 14.9. The summed E-state index contributed by atoms with van der Waals surface area (Å²) in [4.78, 5) is 24.1. The van der Waals surface area contributed by atoms with E-state index in [-0.39, 0.29) is 23.0 Å². The van der Waals surface area contributed by atoms with Gasteiger partial charge in [-0.1, -0.05) is 11.6 Å². The molecule has 0 aromatic carbocycles. The topological polar surface area (TPSA) is 98.2 Å². The van der Waals surface area contributed by atoms with Crippen LogP contribution in [0.3, 0.4) is 0 Å². The maximum Gasteiger partial charge on any atom is 0.253 e. The average Bonchev–Trinajstić information content (AvgIpc) is 3.13. The van der Waals surface area contributed by atoms with Crippen molar-refractivity contribution < 1.29 is 9.59 Å². The first-order chi connectivity index (χ1) is 9.41. The third-order valence-electron chi connectivity index (χ3n) is 3.14. The number of anilines is 2. The minimum absolute atomic E-state index is 0.0327. The molecular weight excluding hydrogens is 274 g/mol. The molecule has 0 spiro atoms. The number of carbonyl (C=O) groups excluding carboxylic acids is 2. The zero-order valence-electron chi connectivity index (χ0n) is 11.7. The summed E-state index contributed by atoms with van der Waals surface area (Å²) in [6.07, 6.45) is 3.80. The minimum atomic E-state index is -0.603. The second-order valence-corrected chi connectivity index (χ2v) is 6.23. The van der Waals surface area contributed by atoms with Crippen LogP contribution >= 0.6 is 11.3 Å². The number of hydrogen-bond donors (Lipinski definition) is 3. The molecule has 0 unspecified atom stereocenters. The van der Waals surface area contributed by atoms with Crippen LogP contribution in [0.5, 0.6) is 0 Å². The Morgan fingerprint density at radius 2 is 2.05 bits per heavy atom. The Balaban J connectivity index is 2.29. The molecule has 1 heterocycles. The van der Waals surface area contributed by atoms with E-state index >= 15 is 0 Å². The summed E-state index contributed by atoms with van der Waals surface area (Å²) in [5.74, 6) is -0.499. The van der Waals surface area contributed by atoms with Crippen molar-refractivity contribution in [2.75, 3.05) is 17.6 Å². The standard InChI is InChI=1S/C14H19N3O2S/c1-7(2)5-6-17-14-9(13(16)19)10(15)12(20-14)11(18)8-3-4-8/h5,8,17H,3-4,6,15H2,1-2H3,(H2,16,19). The van der Waals surface area contributed by atoms with E-state index in [1.165, 1.54) is 11.3 Å². The summed E-state index contributed by atoms with van der Waals surface area (Å²) < 4.78 is 0. The van der Waals surface area contributed by atoms with Crippen molar-refractivity contribution in [3.05, 3.63) is 22.1 Å². The highest BCUT2D eigenvalue weighted by molar-refractivity contribution is 7.19. The summed E-state index contributed by atoms with van der Waals surface area (Å²) in [6.45, 7) is 4.54. The number of primary amides is 1. The molecule has 5 N–H and O–H groups in total. The Hall–Kier alpha value is -1.82. The predicted molar refractivity (Wildman–Crippen MR) is 82.2 cm³/mol. The lowest BCUT2D eigenvalue weighted by atomic mass is 10.1. The van der Waals surface area contributed by atoms with E-state index in [0.29, 0.717) is 16.4 Å². The van der Waals surface area contributed by atoms with Gasteiger partial charge in [0.25, 0.3) is 5.91 Å². The molecule has 0 aliphatic heterocycles. The van der Waals surface area contributed by atoms with Crippen molar-refractivity contribution in [3.8, 4) is 0 Å². The molecule has 108 valence electrons. The van der Waals surface area contributed by atoms with E-state index < -0.39 is 5.91 Å². The van der Waals surface area contributed by atoms with Gasteiger partial charge in [0.05, 0.1) is 16.1 Å². The van der Waals surface area contributed by atoms with E-state index in [4.69, 9.17) is 11.5 Å². The lowest BCUT2D eigenvalue weighted by molar-refractivity contribution is 0.0972. The fourth-order valence-electron chi connectivity index (χ4n) is 1.87. The number of rotatable bonds is 6. The Morgan fingerprint density at radius 3 is 2.55 bits per heavy atom. The van der Waals surface area contributed by atoms with Crippen LogP contribution < -0.4 is 16.8 Å². The van der Waals surface area contributed by atoms with Gasteiger partial charge in [-0.3, -0.25) is 9.59 Å². The van der Waals surface area contributed by atoms with Crippen LogP contribution in [0.2, 0.25) is 0 Å². The quantitative estimate of drug-likeness (QED) is 0.554. The molecule has 1 aromatic rings. The molecule has 20 heavy (non-hydrogen) atoms. The number of carbonyl (C=O) groups is 2. The molecule has 1 aliphatic carbocycles. The van der Waals surface area contributed by atoms with E-state index in [9.17, 15) is 9.59 Å².